The predicted octanol–water partition coefficient (Wildman–Crippen LogP) is 1.42. The summed E-state index contributed by atoms with van der Waals surface area (Å²) in [7, 11) is 0. The number of aliphatic hydroxyl groups excluding tert-OH is 1. The number of amides is 1. The Hall–Kier alpha value is -1.62. The van der Waals surface area contributed by atoms with Crippen molar-refractivity contribution >= 4 is 5.91 Å². The summed E-state index contributed by atoms with van der Waals surface area (Å²) in [4.78, 5) is 11.9. The number of hydrogen-bond acceptors (Lipinski definition) is 3. The SMILES string of the molecule is O=C(NC(CCO)C1CC1)c1ccc(F)cc1O. The molecule has 4 nitrogen and oxygen atoms in total. The first-order valence-corrected chi connectivity index (χ1v) is 6.02. The minimum absolute atomic E-state index is 0.0108. The maximum Gasteiger partial charge on any atom is 0.255 e. The summed E-state index contributed by atoms with van der Waals surface area (Å²) in [5, 5.41) is 21.2. The van der Waals surface area contributed by atoms with Crippen LogP contribution in [0.25, 0.3) is 0 Å². The molecule has 0 aliphatic heterocycles. The topological polar surface area (TPSA) is 69.6 Å². The van der Waals surface area contributed by atoms with Gasteiger partial charge >= 0.3 is 0 Å². The van der Waals surface area contributed by atoms with E-state index in [9.17, 15) is 14.3 Å². The van der Waals surface area contributed by atoms with Crippen molar-refractivity contribution in [3.63, 3.8) is 0 Å². The normalized spacial score (nSPS) is 16.3. The van der Waals surface area contributed by atoms with E-state index in [0.29, 0.717) is 12.3 Å². The highest BCUT2D eigenvalue weighted by atomic mass is 19.1. The molecule has 0 aromatic heterocycles. The summed E-state index contributed by atoms with van der Waals surface area (Å²) in [5.74, 6) is -0.981. The third kappa shape index (κ3) is 2.98. The smallest absolute Gasteiger partial charge is 0.255 e. The van der Waals surface area contributed by atoms with E-state index in [1.54, 1.807) is 0 Å². The van der Waals surface area contributed by atoms with Crippen LogP contribution in [0, 0.1) is 11.7 Å². The zero-order valence-corrected chi connectivity index (χ0v) is 9.90. The van der Waals surface area contributed by atoms with Crippen molar-refractivity contribution in [2.75, 3.05) is 6.61 Å². The summed E-state index contributed by atoms with van der Waals surface area (Å²) in [6, 6.07) is 3.22. The summed E-state index contributed by atoms with van der Waals surface area (Å²) in [6.45, 7) is 0.0108. The minimum atomic E-state index is -0.585. The zero-order valence-electron chi connectivity index (χ0n) is 9.90. The van der Waals surface area contributed by atoms with Crippen LogP contribution < -0.4 is 5.32 Å². The number of aromatic hydroxyl groups is 1. The Bertz CT molecular complexity index is 446. The fourth-order valence-corrected chi connectivity index (χ4v) is 2.01. The van der Waals surface area contributed by atoms with Crippen molar-refractivity contribution in [2.24, 2.45) is 5.92 Å². The summed E-state index contributed by atoms with van der Waals surface area (Å²) in [6.07, 6.45) is 2.58. The lowest BCUT2D eigenvalue weighted by Crippen LogP contribution is -2.37. The van der Waals surface area contributed by atoms with E-state index in [2.05, 4.69) is 5.32 Å². The molecular formula is C13H16FNO3. The van der Waals surface area contributed by atoms with Gasteiger partial charge < -0.3 is 15.5 Å². The molecule has 1 amide bonds. The number of rotatable bonds is 5. The second kappa shape index (κ2) is 5.35. The Labute approximate surface area is 104 Å². The molecule has 1 aromatic rings. The van der Waals surface area contributed by atoms with Gasteiger partial charge in [-0.15, -0.1) is 0 Å². The molecule has 1 aliphatic rings. The van der Waals surface area contributed by atoms with E-state index in [0.717, 1.165) is 25.0 Å². The van der Waals surface area contributed by atoms with Crippen molar-refractivity contribution in [2.45, 2.75) is 25.3 Å². The first kappa shape index (κ1) is 12.8. The van der Waals surface area contributed by atoms with Crippen LogP contribution >= 0.6 is 0 Å². The van der Waals surface area contributed by atoms with Crippen molar-refractivity contribution in [3.8, 4) is 5.75 Å². The van der Waals surface area contributed by atoms with Crippen LogP contribution in [0.4, 0.5) is 4.39 Å². The zero-order chi connectivity index (χ0) is 13.1. The quantitative estimate of drug-likeness (QED) is 0.743. The molecule has 1 aliphatic carbocycles. The summed E-state index contributed by atoms with van der Waals surface area (Å²) >= 11 is 0. The van der Waals surface area contributed by atoms with Gasteiger partial charge in [-0.05, 0) is 37.3 Å². The van der Waals surface area contributed by atoms with Crippen LogP contribution in [0.15, 0.2) is 18.2 Å². The third-order valence-corrected chi connectivity index (χ3v) is 3.15. The molecule has 98 valence electrons. The number of phenols is 1. The first-order chi connectivity index (χ1) is 8.61. The fraction of sp³-hybridized carbons (Fsp3) is 0.462. The van der Waals surface area contributed by atoms with Crippen molar-refractivity contribution < 1.29 is 19.4 Å². The molecule has 1 atom stereocenters. The Morgan fingerprint density at radius 1 is 1.50 bits per heavy atom. The van der Waals surface area contributed by atoms with Gasteiger partial charge in [-0.3, -0.25) is 4.79 Å². The largest absolute Gasteiger partial charge is 0.507 e. The van der Waals surface area contributed by atoms with Crippen molar-refractivity contribution in [1.29, 1.82) is 0 Å². The lowest BCUT2D eigenvalue weighted by Gasteiger charge is -2.17. The first-order valence-electron chi connectivity index (χ1n) is 6.02. The van der Waals surface area contributed by atoms with Gasteiger partial charge in [-0.25, -0.2) is 4.39 Å². The number of hydrogen-bond donors (Lipinski definition) is 3. The third-order valence-electron chi connectivity index (χ3n) is 3.15. The highest BCUT2D eigenvalue weighted by molar-refractivity contribution is 5.97. The number of halogens is 1. The van der Waals surface area contributed by atoms with Crippen LogP contribution in [-0.4, -0.2) is 28.8 Å². The van der Waals surface area contributed by atoms with Gasteiger partial charge in [0.2, 0.25) is 0 Å². The van der Waals surface area contributed by atoms with Gasteiger partial charge in [-0.2, -0.15) is 0 Å². The minimum Gasteiger partial charge on any atom is -0.507 e. The molecule has 0 saturated heterocycles. The average Bonchev–Trinajstić information content (AvgIpc) is 3.11. The van der Waals surface area contributed by atoms with E-state index in [4.69, 9.17) is 5.11 Å². The van der Waals surface area contributed by atoms with E-state index in [-0.39, 0.29) is 24.0 Å². The molecule has 1 saturated carbocycles. The summed E-state index contributed by atoms with van der Waals surface area (Å²) < 4.78 is 12.8. The lowest BCUT2D eigenvalue weighted by molar-refractivity contribution is 0.0921. The number of nitrogens with one attached hydrogen (secondary N) is 1. The highest BCUT2D eigenvalue weighted by Crippen LogP contribution is 2.34. The van der Waals surface area contributed by atoms with Crippen LogP contribution in [-0.2, 0) is 0 Å². The second-order valence-electron chi connectivity index (χ2n) is 4.59. The van der Waals surface area contributed by atoms with Crippen LogP contribution in [0.1, 0.15) is 29.6 Å². The van der Waals surface area contributed by atoms with Gasteiger partial charge in [0.25, 0.3) is 5.91 Å². The molecular weight excluding hydrogens is 237 g/mol. The van der Waals surface area contributed by atoms with Crippen molar-refractivity contribution in [3.05, 3.63) is 29.6 Å². The van der Waals surface area contributed by atoms with Gasteiger partial charge in [0, 0.05) is 18.7 Å². The van der Waals surface area contributed by atoms with Crippen LogP contribution in [0.2, 0.25) is 0 Å². The fourth-order valence-electron chi connectivity index (χ4n) is 2.01. The summed E-state index contributed by atoms with van der Waals surface area (Å²) in [5.41, 5.74) is 0.0555. The standard InChI is InChI=1S/C13H16FNO3/c14-9-3-4-10(12(17)7-9)13(18)15-11(5-6-16)8-1-2-8/h3-4,7-8,11,16-17H,1-2,5-6H2,(H,15,18). The number of phenolic OH excluding ortho intramolecular Hbond substituents is 1. The van der Waals surface area contributed by atoms with E-state index in [1.165, 1.54) is 6.07 Å². The number of aliphatic hydroxyl groups is 1. The Morgan fingerprint density at radius 3 is 2.78 bits per heavy atom. The van der Waals surface area contributed by atoms with Crippen LogP contribution in [0.5, 0.6) is 5.75 Å². The lowest BCUT2D eigenvalue weighted by atomic mass is 10.1. The van der Waals surface area contributed by atoms with Gasteiger partial charge in [0.15, 0.2) is 0 Å². The van der Waals surface area contributed by atoms with Gasteiger partial charge in [0.05, 0.1) is 5.56 Å². The molecule has 1 fully saturated rings. The van der Waals surface area contributed by atoms with Crippen LogP contribution in [0.3, 0.4) is 0 Å². The maximum absolute atomic E-state index is 12.8. The second-order valence-corrected chi connectivity index (χ2v) is 4.59. The highest BCUT2D eigenvalue weighted by Gasteiger charge is 2.32. The molecule has 0 heterocycles. The van der Waals surface area contributed by atoms with E-state index in [1.807, 2.05) is 0 Å². The van der Waals surface area contributed by atoms with E-state index < -0.39 is 11.7 Å². The molecule has 0 radical (unpaired) electrons. The molecule has 3 N–H and O–H groups in total. The molecule has 5 heteroatoms. The molecule has 18 heavy (non-hydrogen) atoms. The molecule has 0 bridgehead atoms. The van der Waals surface area contributed by atoms with Crippen molar-refractivity contribution in [1.82, 2.24) is 5.32 Å². The Balaban J connectivity index is 2.05. The number of benzene rings is 1. The molecule has 1 aromatic carbocycles. The maximum atomic E-state index is 12.8. The number of carbonyl (C=O) groups excluding carboxylic acids is 1. The molecule has 0 spiro atoms. The van der Waals surface area contributed by atoms with Gasteiger partial charge in [0.1, 0.15) is 11.6 Å². The predicted molar refractivity (Wildman–Crippen MR) is 63.7 cm³/mol. The number of carbonyl (C=O) groups is 1. The Kier molecular flexibility index (Phi) is 3.81. The average molecular weight is 253 g/mol. The Morgan fingerprint density at radius 2 is 2.22 bits per heavy atom. The van der Waals surface area contributed by atoms with Gasteiger partial charge in [-0.1, -0.05) is 0 Å². The van der Waals surface area contributed by atoms with E-state index >= 15 is 0 Å². The molecule has 2 rings (SSSR count). The molecule has 1 unspecified atom stereocenters. The monoisotopic (exact) mass is 253 g/mol.